The van der Waals surface area contributed by atoms with Crippen molar-refractivity contribution in [2.24, 2.45) is 5.41 Å². The summed E-state index contributed by atoms with van der Waals surface area (Å²) in [5.74, 6) is -0.795. The van der Waals surface area contributed by atoms with Crippen LogP contribution in [0.2, 0.25) is 0 Å². The Bertz CT molecular complexity index is 235. The predicted molar refractivity (Wildman–Crippen MR) is 64.6 cm³/mol. The Hall–Kier alpha value is -0.610. The fourth-order valence-electron chi connectivity index (χ4n) is 1.65. The van der Waals surface area contributed by atoms with Gasteiger partial charge in [-0.1, -0.05) is 20.8 Å². The van der Waals surface area contributed by atoms with Crippen LogP contribution in [-0.2, 0) is 9.53 Å². The van der Waals surface area contributed by atoms with E-state index in [1.807, 2.05) is 11.9 Å². The molecular weight excluding hydrogens is 206 g/mol. The van der Waals surface area contributed by atoms with Crippen molar-refractivity contribution in [1.82, 2.24) is 4.90 Å². The molecule has 0 radical (unpaired) electrons. The Balaban J connectivity index is 4.70. The minimum absolute atomic E-state index is 0.0819. The Morgan fingerprint density at radius 1 is 1.31 bits per heavy atom. The van der Waals surface area contributed by atoms with Crippen LogP contribution < -0.4 is 0 Å². The van der Waals surface area contributed by atoms with E-state index in [9.17, 15) is 9.90 Å². The lowest BCUT2D eigenvalue weighted by Gasteiger charge is -2.38. The van der Waals surface area contributed by atoms with E-state index in [1.165, 1.54) is 0 Å². The first-order chi connectivity index (χ1) is 7.13. The van der Waals surface area contributed by atoms with Gasteiger partial charge < -0.3 is 9.84 Å². The van der Waals surface area contributed by atoms with E-state index in [-0.39, 0.29) is 5.41 Å². The van der Waals surface area contributed by atoms with Gasteiger partial charge >= 0.3 is 5.97 Å². The number of ether oxygens (including phenoxy) is 1. The molecule has 4 nitrogen and oxygen atoms in total. The normalized spacial score (nSPS) is 16.2. The summed E-state index contributed by atoms with van der Waals surface area (Å²) in [5, 5.41) is 9.33. The maximum Gasteiger partial charge on any atom is 0.323 e. The summed E-state index contributed by atoms with van der Waals surface area (Å²) in [6.45, 7) is 9.24. The SMILES string of the molecule is COCCC(C)(C(=O)O)N(C)CC(C)(C)C. The van der Waals surface area contributed by atoms with E-state index in [0.717, 1.165) is 6.54 Å². The van der Waals surface area contributed by atoms with Crippen molar-refractivity contribution in [2.75, 3.05) is 27.3 Å². The number of hydrogen-bond donors (Lipinski definition) is 1. The van der Waals surface area contributed by atoms with Crippen LogP contribution >= 0.6 is 0 Å². The second-order valence-electron chi connectivity index (χ2n) is 5.74. The van der Waals surface area contributed by atoms with E-state index < -0.39 is 11.5 Å². The van der Waals surface area contributed by atoms with Crippen molar-refractivity contribution in [3.05, 3.63) is 0 Å². The zero-order valence-corrected chi connectivity index (χ0v) is 11.3. The van der Waals surface area contributed by atoms with Gasteiger partial charge in [-0.2, -0.15) is 0 Å². The Morgan fingerprint density at radius 2 is 1.81 bits per heavy atom. The van der Waals surface area contributed by atoms with Gasteiger partial charge in [-0.3, -0.25) is 9.69 Å². The van der Waals surface area contributed by atoms with E-state index >= 15 is 0 Å². The number of carbonyl (C=O) groups is 1. The smallest absolute Gasteiger partial charge is 0.323 e. The molecule has 4 heteroatoms. The summed E-state index contributed by atoms with van der Waals surface area (Å²) < 4.78 is 4.98. The third kappa shape index (κ3) is 4.49. The molecule has 1 atom stereocenters. The average Bonchev–Trinajstić information content (AvgIpc) is 2.10. The number of hydrogen-bond acceptors (Lipinski definition) is 3. The minimum Gasteiger partial charge on any atom is -0.480 e. The van der Waals surface area contributed by atoms with E-state index in [0.29, 0.717) is 13.0 Å². The lowest BCUT2D eigenvalue weighted by atomic mass is 9.90. The second kappa shape index (κ2) is 5.64. The summed E-state index contributed by atoms with van der Waals surface area (Å²) in [6, 6.07) is 0. The van der Waals surface area contributed by atoms with Gasteiger partial charge in [0.25, 0.3) is 0 Å². The van der Waals surface area contributed by atoms with Gasteiger partial charge in [-0.25, -0.2) is 0 Å². The van der Waals surface area contributed by atoms with E-state index in [2.05, 4.69) is 20.8 Å². The van der Waals surface area contributed by atoms with Gasteiger partial charge in [0.05, 0.1) is 0 Å². The molecule has 0 saturated carbocycles. The maximum absolute atomic E-state index is 11.4. The van der Waals surface area contributed by atoms with Gasteiger partial charge in [0.2, 0.25) is 0 Å². The number of likely N-dealkylation sites (N-methyl/N-ethyl adjacent to an activating group) is 1. The zero-order valence-electron chi connectivity index (χ0n) is 11.3. The molecule has 0 aliphatic carbocycles. The number of methoxy groups -OCH3 is 1. The number of rotatable bonds is 6. The van der Waals surface area contributed by atoms with Crippen molar-refractivity contribution in [2.45, 2.75) is 39.7 Å². The summed E-state index contributed by atoms with van der Waals surface area (Å²) in [4.78, 5) is 13.3. The Labute approximate surface area is 98.6 Å². The molecule has 0 aliphatic heterocycles. The van der Waals surface area contributed by atoms with Gasteiger partial charge in [0, 0.05) is 20.3 Å². The first-order valence-electron chi connectivity index (χ1n) is 5.57. The highest BCUT2D eigenvalue weighted by atomic mass is 16.5. The summed E-state index contributed by atoms with van der Waals surface area (Å²) in [5.41, 5.74) is -0.776. The lowest BCUT2D eigenvalue weighted by molar-refractivity contribution is -0.151. The highest BCUT2D eigenvalue weighted by Gasteiger charge is 2.38. The van der Waals surface area contributed by atoms with Gasteiger partial charge in [-0.15, -0.1) is 0 Å². The molecule has 0 aromatic heterocycles. The van der Waals surface area contributed by atoms with Crippen LogP contribution in [0.3, 0.4) is 0 Å². The predicted octanol–water partition coefficient (Wildman–Crippen LogP) is 1.84. The average molecular weight is 231 g/mol. The van der Waals surface area contributed by atoms with Crippen molar-refractivity contribution in [3.63, 3.8) is 0 Å². The monoisotopic (exact) mass is 231 g/mol. The number of nitrogens with zero attached hydrogens (tertiary/aromatic N) is 1. The van der Waals surface area contributed by atoms with Crippen molar-refractivity contribution in [1.29, 1.82) is 0 Å². The largest absolute Gasteiger partial charge is 0.480 e. The molecule has 0 heterocycles. The summed E-state index contributed by atoms with van der Waals surface area (Å²) in [6.07, 6.45) is 0.491. The van der Waals surface area contributed by atoms with Crippen LogP contribution in [0.15, 0.2) is 0 Å². The van der Waals surface area contributed by atoms with Crippen LogP contribution in [-0.4, -0.2) is 48.8 Å². The molecule has 0 spiro atoms. The number of aliphatic carboxylic acids is 1. The minimum atomic E-state index is -0.858. The summed E-state index contributed by atoms with van der Waals surface area (Å²) in [7, 11) is 3.45. The molecule has 0 bridgehead atoms. The highest BCUT2D eigenvalue weighted by molar-refractivity contribution is 5.78. The molecule has 1 N–H and O–H groups in total. The topological polar surface area (TPSA) is 49.8 Å². The molecule has 16 heavy (non-hydrogen) atoms. The summed E-state index contributed by atoms with van der Waals surface area (Å²) >= 11 is 0. The molecule has 0 fully saturated rings. The third-order valence-corrected chi connectivity index (χ3v) is 2.81. The van der Waals surface area contributed by atoms with Crippen LogP contribution in [0, 0.1) is 5.41 Å². The second-order valence-corrected chi connectivity index (χ2v) is 5.74. The molecule has 0 rings (SSSR count). The molecule has 96 valence electrons. The van der Waals surface area contributed by atoms with Crippen molar-refractivity contribution in [3.8, 4) is 0 Å². The van der Waals surface area contributed by atoms with Gasteiger partial charge in [0.15, 0.2) is 0 Å². The molecule has 0 saturated heterocycles. The number of carboxylic acid groups (broad SMARTS) is 1. The molecule has 0 aromatic carbocycles. The molecule has 0 amide bonds. The Kier molecular flexibility index (Phi) is 5.42. The standard InChI is InChI=1S/C12H25NO3/c1-11(2,3)9-13(5)12(4,10(14)15)7-8-16-6/h7-9H2,1-6H3,(H,14,15). The molecular formula is C12H25NO3. The third-order valence-electron chi connectivity index (χ3n) is 2.81. The van der Waals surface area contributed by atoms with Crippen molar-refractivity contribution < 1.29 is 14.6 Å². The quantitative estimate of drug-likeness (QED) is 0.758. The number of carboxylic acids is 1. The van der Waals surface area contributed by atoms with E-state index in [1.54, 1.807) is 14.0 Å². The van der Waals surface area contributed by atoms with Crippen LogP contribution in [0.5, 0.6) is 0 Å². The molecule has 1 unspecified atom stereocenters. The van der Waals surface area contributed by atoms with E-state index in [4.69, 9.17) is 4.74 Å². The van der Waals surface area contributed by atoms with Crippen LogP contribution in [0.25, 0.3) is 0 Å². The highest BCUT2D eigenvalue weighted by Crippen LogP contribution is 2.24. The fourth-order valence-corrected chi connectivity index (χ4v) is 1.65. The van der Waals surface area contributed by atoms with Crippen molar-refractivity contribution >= 4 is 5.97 Å². The van der Waals surface area contributed by atoms with Crippen LogP contribution in [0.1, 0.15) is 34.1 Å². The fraction of sp³-hybridized carbons (Fsp3) is 0.917. The first kappa shape index (κ1) is 15.4. The maximum atomic E-state index is 11.4. The first-order valence-corrected chi connectivity index (χ1v) is 5.57. The van der Waals surface area contributed by atoms with Gasteiger partial charge in [-0.05, 0) is 25.8 Å². The molecule has 0 aromatic rings. The Morgan fingerprint density at radius 3 is 2.12 bits per heavy atom. The lowest BCUT2D eigenvalue weighted by Crippen LogP contribution is -2.53. The molecule has 0 aliphatic rings. The zero-order chi connectivity index (χ0) is 13.0. The van der Waals surface area contributed by atoms with Gasteiger partial charge in [0.1, 0.15) is 5.54 Å². The van der Waals surface area contributed by atoms with Crippen LogP contribution in [0.4, 0.5) is 0 Å².